The number of ketones is 1. The Morgan fingerprint density at radius 3 is 2.54 bits per heavy atom. The van der Waals surface area contributed by atoms with Crippen molar-refractivity contribution in [3.05, 3.63) is 101 Å². The first kappa shape index (κ1) is 22.4. The molecular formula is C28H23FN2O4. The van der Waals surface area contributed by atoms with Gasteiger partial charge in [-0.3, -0.25) is 14.5 Å². The molecule has 1 aliphatic rings. The Bertz CT molecular complexity index is 1490. The summed E-state index contributed by atoms with van der Waals surface area (Å²) in [6, 6.07) is 17.1. The van der Waals surface area contributed by atoms with Crippen LogP contribution in [0.4, 0.5) is 10.1 Å². The number of hydrogen-bond acceptors (Lipinski definition) is 4. The summed E-state index contributed by atoms with van der Waals surface area (Å²) in [4.78, 5) is 31.1. The molecule has 1 fully saturated rings. The van der Waals surface area contributed by atoms with Crippen LogP contribution in [0.2, 0.25) is 0 Å². The van der Waals surface area contributed by atoms with E-state index in [-0.39, 0.29) is 11.3 Å². The normalized spacial score (nSPS) is 17.3. The van der Waals surface area contributed by atoms with E-state index in [2.05, 4.69) is 4.98 Å². The Morgan fingerprint density at radius 1 is 1.09 bits per heavy atom. The number of aliphatic hydroxyl groups excluding tert-OH is 1. The van der Waals surface area contributed by atoms with Gasteiger partial charge in [-0.25, -0.2) is 4.39 Å². The zero-order valence-corrected chi connectivity index (χ0v) is 19.2. The van der Waals surface area contributed by atoms with E-state index in [4.69, 9.17) is 4.74 Å². The number of anilines is 1. The number of hydrogen-bond donors (Lipinski definition) is 2. The molecule has 0 spiro atoms. The van der Waals surface area contributed by atoms with Crippen molar-refractivity contribution in [2.24, 2.45) is 0 Å². The minimum atomic E-state index is -0.913. The first-order valence-electron chi connectivity index (χ1n) is 11.3. The summed E-state index contributed by atoms with van der Waals surface area (Å²) in [6.07, 6.45) is 1.73. The molecule has 176 valence electrons. The van der Waals surface area contributed by atoms with Crippen LogP contribution in [0.1, 0.15) is 29.7 Å². The maximum Gasteiger partial charge on any atom is 0.300 e. The van der Waals surface area contributed by atoms with Crippen LogP contribution in [0.25, 0.3) is 16.7 Å². The van der Waals surface area contributed by atoms with Crippen LogP contribution >= 0.6 is 0 Å². The fourth-order valence-corrected chi connectivity index (χ4v) is 4.58. The van der Waals surface area contributed by atoms with Crippen LogP contribution in [-0.4, -0.2) is 28.4 Å². The molecule has 1 amide bonds. The Morgan fingerprint density at radius 2 is 1.83 bits per heavy atom. The van der Waals surface area contributed by atoms with Gasteiger partial charge in [0, 0.05) is 33.9 Å². The van der Waals surface area contributed by atoms with Crippen LogP contribution in [0.5, 0.6) is 5.75 Å². The van der Waals surface area contributed by atoms with Crippen LogP contribution < -0.4 is 9.64 Å². The van der Waals surface area contributed by atoms with E-state index in [9.17, 15) is 19.1 Å². The van der Waals surface area contributed by atoms with E-state index in [0.717, 1.165) is 16.5 Å². The van der Waals surface area contributed by atoms with E-state index >= 15 is 0 Å². The molecule has 1 saturated heterocycles. The molecule has 0 aliphatic carbocycles. The molecule has 0 bridgehead atoms. The summed E-state index contributed by atoms with van der Waals surface area (Å²) in [5, 5.41) is 12.2. The number of carbonyl (C=O) groups is 2. The first-order chi connectivity index (χ1) is 16.9. The summed E-state index contributed by atoms with van der Waals surface area (Å²) in [6.45, 7) is 4.22. The van der Waals surface area contributed by atoms with Gasteiger partial charge in [-0.05, 0) is 67.9 Å². The van der Waals surface area contributed by atoms with Crippen LogP contribution in [0, 0.1) is 12.7 Å². The van der Waals surface area contributed by atoms with Crippen molar-refractivity contribution in [2.45, 2.75) is 19.9 Å². The predicted octanol–water partition coefficient (Wildman–Crippen LogP) is 5.64. The molecule has 1 atom stereocenters. The van der Waals surface area contributed by atoms with Gasteiger partial charge in [-0.15, -0.1) is 0 Å². The number of aromatic nitrogens is 1. The molecular weight excluding hydrogens is 447 g/mol. The molecule has 0 radical (unpaired) electrons. The van der Waals surface area contributed by atoms with Gasteiger partial charge in [-0.2, -0.15) is 0 Å². The zero-order chi connectivity index (χ0) is 24.7. The third-order valence-corrected chi connectivity index (χ3v) is 6.21. The number of benzene rings is 3. The SMILES string of the molecule is CCOc1ccc(/C(O)=C2\C(=O)C(=O)N(c3ccc(F)cc3)C2c2c[nH]c3ccccc23)cc1C. The summed E-state index contributed by atoms with van der Waals surface area (Å²) < 4.78 is 19.2. The summed E-state index contributed by atoms with van der Waals surface area (Å²) in [5.74, 6) is -1.68. The number of halogens is 1. The molecule has 1 unspecified atom stereocenters. The number of H-pyrrole nitrogens is 1. The number of aliphatic hydroxyl groups is 1. The Balaban J connectivity index is 1.74. The van der Waals surface area contributed by atoms with Crippen molar-refractivity contribution in [2.75, 3.05) is 11.5 Å². The molecule has 6 nitrogen and oxygen atoms in total. The third-order valence-electron chi connectivity index (χ3n) is 6.21. The average molecular weight is 471 g/mol. The maximum absolute atomic E-state index is 13.6. The highest BCUT2D eigenvalue weighted by molar-refractivity contribution is 6.51. The molecule has 4 aromatic rings. The predicted molar refractivity (Wildman–Crippen MR) is 132 cm³/mol. The number of ether oxygens (including phenoxy) is 1. The van der Waals surface area contributed by atoms with Crippen molar-refractivity contribution in [1.29, 1.82) is 0 Å². The van der Waals surface area contributed by atoms with Gasteiger partial charge in [0.15, 0.2) is 0 Å². The van der Waals surface area contributed by atoms with Crippen LogP contribution in [-0.2, 0) is 9.59 Å². The molecule has 1 aliphatic heterocycles. The number of fused-ring (bicyclic) bond motifs is 1. The molecule has 3 aromatic carbocycles. The van der Waals surface area contributed by atoms with Gasteiger partial charge in [-0.1, -0.05) is 18.2 Å². The van der Waals surface area contributed by atoms with E-state index in [1.807, 2.05) is 38.1 Å². The van der Waals surface area contributed by atoms with Gasteiger partial charge in [0.05, 0.1) is 18.2 Å². The second-order valence-electron chi connectivity index (χ2n) is 8.35. The smallest absolute Gasteiger partial charge is 0.300 e. The lowest BCUT2D eigenvalue weighted by Gasteiger charge is -2.25. The standard InChI is InChI=1S/C28H23FN2O4/c1-3-35-23-13-8-17(14-16(23)2)26(32)24-25(21-15-30-22-7-5-4-6-20(21)22)31(28(34)27(24)33)19-11-9-18(29)10-12-19/h4-15,25,30,32H,3H2,1-2H3/b26-24+. The van der Waals surface area contributed by atoms with Crippen molar-refractivity contribution in [3.8, 4) is 5.75 Å². The minimum Gasteiger partial charge on any atom is -0.507 e. The Labute approximate surface area is 201 Å². The molecule has 0 saturated carbocycles. The van der Waals surface area contributed by atoms with Gasteiger partial charge < -0.3 is 14.8 Å². The summed E-state index contributed by atoms with van der Waals surface area (Å²) in [7, 11) is 0. The van der Waals surface area contributed by atoms with Gasteiger partial charge >= 0.3 is 0 Å². The van der Waals surface area contributed by atoms with Gasteiger partial charge in [0.2, 0.25) is 0 Å². The second kappa shape index (κ2) is 8.76. The Hall–Kier alpha value is -4.39. The third kappa shape index (κ3) is 3.75. The van der Waals surface area contributed by atoms with Gasteiger partial charge in [0.1, 0.15) is 17.3 Å². The lowest BCUT2D eigenvalue weighted by Crippen LogP contribution is -2.29. The van der Waals surface area contributed by atoms with Crippen molar-refractivity contribution < 1.29 is 23.8 Å². The highest BCUT2D eigenvalue weighted by Crippen LogP contribution is 2.44. The molecule has 5 rings (SSSR count). The lowest BCUT2D eigenvalue weighted by molar-refractivity contribution is -0.132. The minimum absolute atomic E-state index is 0.0346. The molecule has 1 aromatic heterocycles. The number of Topliss-reactive ketones (excluding diaryl/α,β-unsaturated/α-hetero) is 1. The van der Waals surface area contributed by atoms with E-state index < -0.39 is 23.5 Å². The van der Waals surface area contributed by atoms with Gasteiger partial charge in [0.25, 0.3) is 11.7 Å². The maximum atomic E-state index is 13.6. The summed E-state index contributed by atoms with van der Waals surface area (Å²) >= 11 is 0. The largest absolute Gasteiger partial charge is 0.507 e. The number of carbonyl (C=O) groups excluding carboxylic acids is 2. The van der Waals surface area contributed by atoms with Crippen molar-refractivity contribution in [3.63, 3.8) is 0 Å². The molecule has 2 N–H and O–H groups in total. The number of amides is 1. The number of rotatable bonds is 5. The monoisotopic (exact) mass is 470 g/mol. The fourth-order valence-electron chi connectivity index (χ4n) is 4.58. The first-order valence-corrected chi connectivity index (χ1v) is 11.3. The highest BCUT2D eigenvalue weighted by Gasteiger charge is 2.47. The highest BCUT2D eigenvalue weighted by atomic mass is 19.1. The molecule has 7 heteroatoms. The number of nitrogens with one attached hydrogen (secondary N) is 1. The number of aryl methyl sites for hydroxylation is 1. The number of para-hydroxylation sites is 1. The van der Waals surface area contributed by atoms with E-state index in [1.54, 1.807) is 24.4 Å². The number of nitrogens with zero attached hydrogens (tertiary/aromatic N) is 1. The summed E-state index contributed by atoms with van der Waals surface area (Å²) in [5.41, 5.74) is 2.97. The van der Waals surface area contributed by atoms with Crippen LogP contribution in [0.15, 0.2) is 78.5 Å². The van der Waals surface area contributed by atoms with Crippen LogP contribution in [0.3, 0.4) is 0 Å². The molecule has 2 heterocycles. The average Bonchev–Trinajstić information content (AvgIpc) is 3.39. The van der Waals surface area contributed by atoms with E-state index in [1.165, 1.54) is 29.2 Å². The van der Waals surface area contributed by atoms with E-state index in [0.29, 0.717) is 29.2 Å². The van der Waals surface area contributed by atoms with Crippen molar-refractivity contribution >= 4 is 34.0 Å². The lowest BCUT2D eigenvalue weighted by atomic mass is 9.94. The second-order valence-corrected chi connectivity index (χ2v) is 8.35. The quantitative estimate of drug-likeness (QED) is 0.225. The topological polar surface area (TPSA) is 82.6 Å². The molecule has 35 heavy (non-hydrogen) atoms. The fraction of sp³-hybridized carbons (Fsp3) is 0.143. The zero-order valence-electron chi connectivity index (χ0n) is 19.2. The Kier molecular flexibility index (Phi) is 5.61. The number of aromatic amines is 1. The van der Waals surface area contributed by atoms with Crippen molar-refractivity contribution in [1.82, 2.24) is 4.98 Å².